The SMILES string of the molecule is Cc1ccc(C2(O)CCC2)cc1-c1nnc2c(C)nc3cccnc3n12. The van der Waals surface area contributed by atoms with Gasteiger partial charge in [0.1, 0.15) is 5.52 Å². The van der Waals surface area contributed by atoms with Gasteiger partial charge in [-0.2, -0.15) is 0 Å². The van der Waals surface area contributed by atoms with Crippen molar-refractivity contribution < 1.29 is 5.11 Å². The molecule has 3 heterocycles. The van der Waals surface area contributed by atoms with E-state index in [2.05, 4.69) is 33.2 Å². The van der Waals surface area contributed by atoms with Crippen LogP contribution in [0.4, 0.5) is 0 Å². The molecule has 0 saturated heterocycles. The number of rotatable bonds is 2. The number of pyridine rings is 1. The van der Waals surface area contributed by atoms with E-state index in [9.17, 15) is 5.11 Å². The van der Waals surface area contributed by atoms with Crippen LogP contribution in [0.15, 0.2) is 36.5 Å². The average Bonchev–Trinajstić information content (AvgIpc) is 3.06. The van der Waals surface area contributed by atoms with Gasteiger partial charge in [0, 0.05) is 11.8 Å². The van der Waals surface area contributed by atoms with Gasteiger partial charge < -0.3 is 5.11 Å². The molecule has 0 bridgehead atoms. The van der Waals surface area contributed by atoms with Gasteiger partial charge in [0.25, 0.3) is 0 Å². The highest BCUT2D eigenvalue weighted by Crippen LogP contribution is 2.42. The fourth-order valence-corrected chi connectivity index (χ4v) is 3.73. The molecular weight excluding hydrogens is 326 g/mol. The van der Waals surface area contributed by atoms with Crippen molar-refractivity contribution in [2.24, 2.45) is 0 Å². The van der Waals surface area contributed by atoms with Crippen LogP contribution in [0.1, 0.15) is 36.1 Å². The molecule has 1 N–H and O–H groups in total. The Hall–Kier alpha value is -2.86. The number of fused-ring (bicyclic) bond motifs is 3. The third-order valence-electron chi connectivity index (χ3n) is 5.45. The Morgan fingerprint density at radius 2 is 1.92 bits per heavy atom. The second-order valence-corrected chi connectivity index (χ2v) is 7.14. The predicted molar refractivity (Wildman–Crippen MR) is 98.7 cm³/mol. The van der Waals surface area contributed by atoms with E-state index in [1.54, 1.807) is 6.20 Å². The zero-order chi connectivity index (χ0) is 17.9. The maximum atomic E-state index is 10.8. The van der Waals surface area contributed by atoms with Crippen molar-refractivity contribution in [1.82, 2.24) is 24.6 Å². The molecule has 0 unspecified atom stereocenters. The molecule has 1 fully saturated rings. The lowest BCUT2D eigenvalue weighted by atomic mass is 9.74. The number of nitrogens with zero attached hydrogens (tertiary/aromatic N) is 5. The lowest BCUT2D eigenvalue weighted by Crippen LogP contribution is -2.33. The molecule has 130 valence electrons. The Morgan fingerprint density at radius 1 is 1.08 bits per heavy atom. The lowest BCUT2D eigenvalue weighted by Gasteiger charge is -2.37. The molecule has 5 rings (SSSR count). The number of aromatic nitrogens is 5. The summed E-state index contributed by atoms with van der Waals surface area (Å²) < 4.78 is 1.97. The highest BCUT2D eigenvalue weighted by Gasteiger charge is 2.36. The van der Waals surface area contributed by atoms with Crippen molar-refractivity contribution in [2.45, 2.75) is 38.7 Å². The van der Waals surface area contributed by atoms with E-state index in [0.29, 0.717) is 5.65 Å². The van der Waals surface area contributed by atoms with Crippen molar-refractivity contribution in [3.63, 3.8) is 0 Å². The Balaban J connectivity index is 1.81. The van der Waals surface area contributed by atoms with Gasteiger partial charge in [-0.1, -0.05) is 12.1 Å². The molecule has 1 aromatic carbocycles. The van der Waals surface area contributed by atoms with Gasteiger partial charge in [0.05, 0.1) is 11.3 Å². The third kappa shape index (κ3) is 2.08. The largest absolute Gasteiger partial charge is 0.385 e. The molecule has 1 saturated carbocycles. The average molecular weight is 345 g/mol. The molecule has 0 atom stereocenters. The van der Waals surface area contributed by atoms with Crippen LogP contribution in [0.25, 0.3) is 28.2 Å². The molecule has 6 heteroatoms. The summed E-state index contributed by atoms with van der Waals surface area (Å²) in [4.78, 5) is 9.09. The maximum absolute atomic E-state index is 10.8. The summed E-state index contributed by atoms with van der Waals surface area (Å²) in [6.07, 6.45) is 4.43. The van der Waals surface area contributed by atoms with Crippen LogP contribution in [-0.2, 0) is 5.60 Å². The van der Waals surface area contributed by atoms with E-state index in [4.69, 9.17) is 0 Å². The van der Waals surface area contributed by atoms with Crippen LogP contribution in [0.2, 0.25) is 0 Å². The first kappa shape index (κ1) is 15.4. The third-order valence-corrected chi connectivity index (χ3v) is 5.45. The number of hydrogen-bond donors (Lipinski definition) is 1. The fraction of sp³-hybridized carbons (Fsp3) is 0.300. The second kappa shape index (κ2) is 5.32. The van der Waals surface area contributed by atoms with E-state index >= 15 is 0 Å². The zero-order valence-electron chi connectivity index (χ0n) is 14.8. The van der Waals surface area contributed by atoms with Crippen LogP contribution in [-0.4, -0.2) is 29.7 Å². The number of hydrogen-bond acceptors (Lipinski definition) is 5. The molecule has 3 aromatic heterocycles. The molecule has 26 heavy (non-hydrogen) atoms. The standard InChI is InChI=1S/C20H19N5O/c1-12-6-7-14(20(26)8-4-9-20)11-15(12)18-24-23-17-13(2)22-16-5-3-10-21-19(16)25(17)18/h3,5-7,10-11,26H,4,8-9H2,1-2H3. The normalized spacial score (nSPS) is 16.1. The summed E-state index contributed by atoms with van der Waals surface area (Å²) in [5.74, 6) is 0.733. The summed E-state index contributed by atoms with van der Waals surface area (Å²) in [6.45, 7) is 3.98. The van der Waals surface area contributed by atoms with E-state index in [1.165, 1.54) is 0 Å². The van der Waals surface area contributed by atoms with Gasteiger partial charge in [-0.25, -0.2) is 9.97 Å². The molecule has 0 aliphatic heterocycles. The van der Waals surface area contributed by atoms with Crippen LogP contribution in [0.3, 0.4) is 0 Å². The minimum Gasteiger partial charge on any atom is -0.385 e. The predicted octanol–water partition coefficient (Wildman–Crippen LogP) is 3.33. The van der Waals surface area contributed by atoms with Gasteiger partial charge in [0.2, 0.25) is 0 Å². The minimum absolute atomic E-state index is 0.707. The molecular formula is C20H19N5O. The topological polar surface area (TPSA) is 76.2 Å². The van der Waals surface area contributed by atoms with Crippen LogP contribution in [0, 0.1) is 13.8 Å². The summed E-state index contributed by atoms with van der Waals surface area (Å²) in [7, 11) is 0. The molecule has 0 amide bonds. The molecule has 0 radical (unpaired) electrons. The van der Waals surface area contributed by atoms with Crippen LogP contribution < -0.4 is 0 Å². The maximum Gasteiger partial charge on any atom is 0.184 e. The fourth-order valence-electron chi connectivity index (χ4n) is 3.73. The van der Waals surface area contributed by atoms with E-state index in [-0.39, 0.29) is 0 Å². The summed E-state index contributed by atoms with van der Waals surface area (Å²) in [5.41, 5.74) is 5.36. The minimum atomic E-state index is -0.708. The molecule has 4 aromatic rings. The van der Waals surface area contributed by atoms with Crippen molar-refractivity contribution >= 4 is 16.8 Å². The Bertz CT molecular complexity index is 1160. The van der Waals surface area contributed by atoms with Crippen molar-refractivity contribution in [1.29, 1.82) is 0 Å². The Morgan fingerprint density at radius 3 is 2.69 bits per heavy atom. The van der Waals surface area contributed by atoms with Crippen LogP contribution in [0.5, 0.6) is 0 Å². The first-order valence-electron chi connectivity index (χ1n) is 8.87. The number of aliphatic hydroxyl groups is 1. The van der Waals surface area contributed by atoms with Crippen molar-refractivity contribution in [2.75, 3.05) is 0 Å². The van der Waals surface area contributed by atoms with E-state index in [0.717, 1.165) is 58.6 Å². The van der Waals surface area contributed by atoms with E-state index in [1.807, 2.05) is 35.6 Å². The summed E-state index contributed by atoms with van der Waals surface area (Å²) in [5, 5.41) is 19.6. The van der Waals surface area contributed by atoms with Gasteiger partial charge in [-0.3, -0.25) is 4.40 Å². The van der Waals surface area contributed by atoms with Gasteiger partial charge in [-0.05, 0) is 62.4 Å². The Labute approximate surface area is 150 Å². The highest BCUT2D eigenvalue weighted by molar-refractivity contribution is 5.78. The summed E-state index contributed by atoms with van der Waals surface area (Å²) >= 11 is 0. The van der Waals surface area contributed by atoms with Gasteiger partial charge in [0.15, 0.2) is 17.1 Å². The van der Waals surface area contributed by atoms with E-state index < -0.39 is 5.60 Å². The first-order valence-corrected chi connectivity index (χ1v) is 8.87. The zero-order valence-corrected chi connectivity index (χ0v) is 14.8. The van der Waals surface area contributed by atoms with Crippen LogP contribution >= 0.6 is 0 Å². The monoisotopic (exact) mass is 345 g/mol. The first-order chi connectivity index (χ1) is 12.6. The molecule has 0 spiro atoms. The number of benzene rings is 1. The molecule has 6 nitrogen and oxygen atoms in total. The Kier molecular flexibility index (Phi) is 3.15. The second-order valence-electron chi connectivity index (χ2n) is 7.14. The van der Waals surface area contributed by atoms with Gasteiger partial charge in [-0.15, -0.1) is 10.2 Å². The highest BCUT2D eigenvalue weighted by atomic mass is 16.3. The quantitative estimate of drug-likeness (QED) is 0.603. The smallest absolute Gasteiger partial charge is 0.184 e. The van der Waals surface area contributed by atoms with Gasteiger partial charge >= 0.3 is 0 Å². The molecule has 1 aliphatic carbocycles. The lowest BCUT2D eigenvalue weighted by molar-refractivity contribution is -0.0387. The van der Waals surface area contributed by atoms with Crippen molar-refractivity contribution in [3.8, 4) is 11.4 Å². The number of aryl methyl sites for hydroxylation is 2. The summed E-state index contributed by atoms with van der Waals surface area (Å²) in [6, 6.07) is 9.94. The van der Waals surface area contributed by atoms with Crippen molar-refractivity contribution in [3.05, 3.63) is 53.3 Å². The molecule has 1 aliphatic rings.